The number of nitrogens with two attached hydrogens (primary N) is 1. The van der Waals surface area contributed by atoms with Crippen LogP contribution in [0.2, 0.25) is 0 Å². The van der Waals surface area contributed by atoms with Gasteiger partial charge < -0.3 is 5.73 Å². The molecule has 1 aromatic heterocycles. The third-order valence-electron chi connectivity index (χ3n) is 2.94. The van der Waals surface area contributed by atoms with Crippen LogP contribution >= 0.6 is 27.7 Å². The zero-order chi connectivity index (χ0) is 13.8. The molecule has 0 aliphatic heterocycles. The summed E-state index contributed by atoms with van der Waals surface area (Å²) in [6.07, 6.45) is 5.80. The van der Waals surface area contributed by atoms with E-state index in [1.165, 1.54) is 10.5 Å². The minimum absolute atomic E-state index is 0.211. The van der Waals surface area contributed by atoms with Gasteiger partial charge in [0.25, 0.3) is 0 Å². The highest BCUT2D eigenvalue weighted by Gasteiger charge is 2.10. The summed E-state index contributed by atoms with van der Waals surface area (Å²) in [5.41, 5.74) is 7.37. The molecule has 0 fully saturated rings. The van der Waals surface area contributed by atoms with E-state index in [0.29, 0.717) is 0 Å². The fourth-order valence-corrected chi connectivity index (χ4v) is 3.19. The summed E-state index contributed by atoms with van der Waals surface area (Å²) in [6.45, 7) is 2.12. The Morgan fingerprint density at radius 3 is 2.89 bits per heavy atom. The van der Waals surface area contributed by atoms with Gasteiger partial charge in [0.05, 0.1) is 11.1 Å². The molecule has 0 saturated heterocycles. The lowest BCUT2D eigenvalue weighted by molar-refractivity contribution is 0.641. The molecule has 2 rings (SSSR count). The zero-order valence-electron chi connectivity index (χ0n) is 11.1. The molecular weight excluding hydrogens is 322 g/mol. The minimum Gasteiger partial charge on any atom is -0.327 e. The maximum absolute atomic E-state index is 6.08. The Morgan fingerprint density at radius 1 is 1.47 bits per heavy atom. The van der Waals surface area contributed by atoms with Crippen LogP contribution in [-0.2, 0) is 13.5 Å². The quantitative estimate of drug-likeness (QED) is 0.904. The summed E-state index contributed by atoms with van der Waals surface area (Å²) >= 11 is 5.27. The molecule has 0 saturated carbocycles. The summed E-state index contributed by atoms with van der Waals surface area (Å²) < 4.78 is 2.92. The van der Waals surface area contributed by atoms with Gasteiger partial charge in [0.15, 0.2) is 0 Å². The van der Waals surface area contributed by atoms with Crippen LogP contribution in [0.15, 0.2) is 44.9 Å². The molecule has 0 spiro atoms. The number of benzene rings is 1. The Labute approximate surface area is 126 Å². The molecule has 2 N–H and O–H groups in total. The normalized spacial score (nSPS) is 12.6. The number of hydrogen-bond donors (Lipinski definition) is 1. The highest BCUT2D eigenvalue weighted by Crippen LogP contribution is 2.32. The predicted octanol–water partition coefficient (Wildman–Crippen LogP) is 3.61. The van der Waals surface area contributed by atoms with Gasteiger partial charge in [-0.15, -0.1) is 0 Å². The van der Waals surface area contributed by atoms with Crippen LogP contribution in [0.3, 0.4) is 0 Å². The first-order valence-electron chi connectivity index (χ1n) is 6.29. The summed E-state index contributed by atoms with van der Waals surface area (Å²) in [4.78, 5) is 2.40. The van der Waals surface area contributed by atoms with Crippen molar-refractivity contribution in [1.82, 2.24) is 9.78 Å². The molecule has 102 valence electrons. The van der Waals surface area contributed by atoms with E-state index in [4.69, 9.17) is 5.73 Å². The molecule has 0 radical (unpaired) electrons. The number of rotatable bonds is 5. The lowest BCUT2D eigenvalue weighted by Gasteiger charge is -2.13. The Morgan fingerprint density at radius 2 is 2.26 bits per heavy atom. The van der Waals surface area contributed by atoms with E-state index in [-0.39, 0.29) is 6.04 Å². The average Bonchev–Trinajstić information content (AvgIpc) is 2.78. The first kappa shape index (κ1) is 14.6. The van der Waals surface area contributed by atoms with E-state index in [9.17, 15) is 0 Å². The summed E-state index contributed by atoms with van der Waals surface area (Å²) in [5.74, 6) is 0. The number of nitrogens with zero attached hydrogens (tertiary/aromatic N) is 2. The topological polar surface area (TPSA) is 43.8 Å². The lowest BCUT2D eigenvalue weighted by atomic mass is 10.1. The summed E-state index contributed by atoms with van der Waals surface area (Å²) in [6, 6.07) is 6.58. The monoisotopic (exact) mass is 339 g/mol. The van der Waals surface area contributed by atoms with Crippen molar-refractivity contribution in [1.29, 1.82) is 0 Å². The highest BCUT2D eigenvalue weighted by atomic mass is 79.9. The molecule has 5 heteroatoms. The largest absolute Gasteiger partial charge is 0.327 e. The lowest BCUT2D eigenvalue weighted by Crippen LogP contribution is -2.21. The molecule has 0 bridgehead atoms. The van der Waals surface area contributed by atoms with E-state index in [1.807, 2.05) is 24.1 Å². The van der Waals surface area contributed by atoms with Crippen molar-refractivity contribution >= 4 is 27.7 Å². The smallest absolute Gasteiger partial charge is 0.0629 e. The predicted molar refractivity (Wildman–Crippen MR) is 83.4 cm³/mol. The van der Waals surface area contributed by atoms with E-state index in [0.717, 1.165) is 22.2 Å². The Bertz CT molecular complexity index is 553. The molecule has 0 aliphatic carbocycles. The van der Waals surface area contributed by atoms with Gasteiger partial charge in [0, 0.05) is 28.7 Å². The van der Waals surface area contributed by atoms with Gasteiger partial charge in [-0.1, -0.05) is 34.6 Å². The van der Waals surface area contributed by atoms with Crippen molar-refractivity contribution in [2.75, 3.05) is 0 Å². The molecule has 0 aliphatic rings. The van der Waals surface area contributed by atoms with Gasteiger partial charge in [-0.25, -0.2) is 0 Å². The number of halogens is 1. The fraction of sp³-hybridized carbons (Fsp3) is 0.357. The highest BCUT2D eigenvalue weighted by molar-refractivity contribution is 9.10. The van der Waals surface area contributed by atoms with Crippen LogP contribution in [0, 0.1) is 0 Å². The zero-order valence-corrected chi connectivity index (χ0v) is 13.5. The first-order chi connectivity index (χ1) is 9.08. The van der Waals surface area contributed by atoms with Gasteiger partial charge in [0.2, 0.25) is 0 Å². The maximum atomic E-state index is 6.08. The standard InChI is InChI=1S/C14H18BrN3S/c1-3-12(16)7-10-6-11(15)4-5-14(10)19-13-8-17-18(2)9-13/h4-6,8-9,12H,3,7,16H2,1-2H3. The second-order valence-corrected chi connectivity index (χ2v) is 6.61. The molecule has 1 heterocycles. The number of aromatic nitrogens is 2. The first-order valence-corrected chi connectivity index (χ1v) is 7.90. The van der Waals surface area contributed by atoms with Gasteiger partial charge in [-0.05, 0) is 36.6 Å². The van der Waals surface area contributed by atoms with E-state index >= 15 is 0 Å². The van der Waals surface area contributed by atoms with Crippen LogP contribution in [0.25, 0.3) is 0 Å². The van der Waals surface area contributed by atoms with E-state index in [1.54, 1.807) is 11.8 Å². The summed E-state index contributed by atoms with van der Waals surface area (Å²) in [7, 11) is 1.93. The second-order valence-electron chi connectivity index (χ2n) is 4.58. The molecular formula is C14H18BrN3S. The number of hydrogen-bond acceptors (Lipinski definition) is 3. The molecule has 2 aromatic rings. The van der Waals surface area contributed by atoms with Crippen molar-refractivity contribution in [3.8, 4) is 0 Å². The molecule has 1 atom stereocenters. The van der Waals surface area contributed by atoms with Crippen LogP contribution < -0.4 is 5.73 Å². The van der Waals surface area contributed by atoms with Crippen LogP contribution in [0.5, 0.6) is 0 Å². The van der Waals surface area contributed by atoms with Crippen molar-refractivity contribution < 1.29 is 0 Å². The number of aryl methyl sites for hydroxylation is 1. The fourth-order valence-electron chi connectivity index (χ4n) is 1.81. The van der Waals surface area contributed by atoms with Gasteiger partial charge in [-0.2, -0.15) is 5.10 Å². The van der Waals surface area contributed by atoms with Crippen LogP contribution in [0.1, 0.15) is 18.9 Å². The van der Waals surface area contributed by atoms with Crippen molar-refractivity contribution in [2.45, 2.75) is 35.6 Å². The average molecular weight is 340 g/mol. The third-order valence-corrected chi connectivity index (χ3v) is 4.50. The van der Waals surface area contributed by atoms with E-state index in [2.05, 4.69) is 46.2 Å². The van der Waals surface area contributed by atoms with Gasteiger partial charge >= 0.3 is 0 Å². The van der Waals surface area contributed by atoms with Crippen molar-refractivity contribution in [3.05, 3.63) is 40.6 Å². The molecule has 1 aromatic carbocycles. The summed E-state index contributed by atoms with van der Waals surface area (Å²) in [5, 5.41) is 4.20. The maximum Gasteiger partial charge on any atom is 0.0629 e. The second kappa shape index (κ2) is 6.59. The van der Waals surface area contributed by atoms with Gasteiger partial charge in [0.1, 0.15) is 0 Å². The van der Waals surface area contributed by atoms with Crippen LogP contribution in [0.4, 0.5) is 0 Å². The minimum atomic E-state index is 0.211. The van der Waals surface area contributed by atoms with Crippen LogP contribution in [-0.4, -0.2) is 15.8 Å². The molecule has 19 heavy (non-hydrogen) atoms. The van der Waals surface area contributed by atoms with E-state index < -0.39 is 0 Å². The molecule has 3 nitrogen and oxygen atoms in total. The molecule has 1 unspecified atom stereocenters. The molecule has 0 amide bonds. The van der Waals surface area contributed by atoms with Crippen molar-refractivity contribution in [2.24, 2.45) is 12.8 Å². The Kier molecular flexibility index (Phi) is 5.07. The SMILES string of the molecule is CCC(N)Cc1cc(Br)ccc1Sc1cnn(C)c1. The Balaban J connectivity index is 2.23. The van der Waals surface area contributed by atoms with Gasteiger partial charge in [-0.3, -0.25) is 4.68 Å². The van der Waals surface area contributed by atoms with Crippen molar-refractivity contribution in [3.63, 3.8) is 0 Å². The Hall–Kier alpha value is -0.780. The third kappa shape index (κ3) is 4.09.